The highest BCUT2D eigenvalue weighted by atomic mass is 32.3. The van der Waals surface area contributed by atoms with E-state index in [0.717, 1.165) is 11.1 Å². The Bertz CT molecular complexity index is 729. The van der Waals surface area contributed by atoms with Gasteiger partial charge in [0.25, 0.3) is 0 Å². The maximum absolute atomic E-state index is 10.6. The lowest BCUT2D eigenvalue weighted by molar-refractivity contribution is -0.143. The first-order chi connectivity index (χ1) is 11.3. The number of carbonyl (C=O) groups excluding carboxylic acids is 1. The van der Waals surface area contributed by atoms with Crippen molar-refractivity contribution in [3.8, 4) is 5.75 Å². The molecule has 0 unspecified atom stereocenters. The minimum absolute atomic E-state index is 0.0627. The van der Waals surface area contributed by atoms with Crippen molar-refractivity contribution in [2.24, 2.45) is 5.73 Å². The van der Waals surface area contributed by atoms with Crippen molar-refractivity contribution in [1.82, 2.24) is 0 Å². The first-order valence-corrected chi connectivity index (χ1v) is 8.30. The number of benzene rings is 2. The summed E-state index contributed by atoms with van der Waals surface area (Å²) in [5.74, 6) is -0.276. The molecule has 0 radical (unpaired) electrons. The number of esters is 1. The number of aryl methyl sites for hydroxylation is 1. The van der Waals surface area contributed by atoms with E-state index >= 15 is 0 Å². The molecule has 130 valence electrons. The van der Waals surface area contributed by atoms with Crippen LogP contribution in [-0.4, -0.2) is 25.5 Å². The summed E-state index contributed by atoms with van der Waals surface area (Å²) in [5, 5.41) is 0. The molecule has 2 aromatic rings. The molecule has 0 saturated heterocycles. The molecule has 0 aliphatic heterocycles. The molecular formula is C16H19NO6S. The summed E-state index contributed by atoms with van der Waals surface area (Å²) in [6.07, 6.45) is 0. The number of hydrogen-bond acceptors (Lipinski definition) is 6. The van der Waals surface area contributed by atoms with Gasteiger partial charge in [-0.3, -0.25) is 9.35 Å². The van der Waals surface area contributed by atoms with Gasteiger partial charge in [0.1, 0.15) is 12.4 Å². The van der Waals surface area contributed by atoms with Crippen LogP contribution in [0.15, 0.2) is 54.6 Å². The van der Waals surface area contributed by atoms with Crippen LogP contribution in [-0.2, 0) is 26.5 Å². The van der Waals surface area contributed by atoms with E-state index in [2.05, 4.69) is 4.18 Å². The average Bonchev–Trinajstić information content (AvgIpc) is 2.55. The third kappa shape index (κ3) is 8.89. The number of nitrogens with two attached hydrogens (primary N) is 1. The van der Waals surface area contributed by atoms with Gasteiger partial charge in [-0.1, -0.05) is 48.0 Å². The fourth-order valence-corrected chi connectivity index (χ4v) is 1.87. The second-order valence-electron chi connectivity index (χ2n) is 4.67. The highest BCUT2D eigenvalue weighted by Crippen LogP contribution is 2.12. The zero-order chi connectivity index (χ0) is 18.0. The number of rotatable bonds is 5. The van der Waals surface area contributed by atoms with Gasteiger partial charge in [-0.25, -0.2) is 0 Å². The van der Waals surface area contributed by atoms with Crippen molar-refractivity contribution in [3.63, 3.8) is 0 Å². The summed E-state index contributed by atoms with van der Waals surface area (Å²) in [6.45, 7) is 2.10. The maximum atomic E-state index is 10.6. The Morgan fingerprint density at radius 1 is 1.08 bits per heavy atom. The Kier molecular flexibility index (Phi) is 7.90. The molecule has 0 amide bonds. The SMILES string of the molecule is Cc1ccc(OS(=O)(=O)O)cc1.NCC(=O)OCc1ccccc1. The molecule has 7 nitrogen and oxygen atoms in total. The van der Waals surface area contributed by atoms with Gasteiger partial charge < -0.3 is 14.7 Å². The Balaban J connectivity index is 0.000000240. The van der Waals surface area contributed by atoms with E-state index in [9.17, 15) is 13.2 Å². The molecule has 0 aromatic heterocycles. The van der Waals surface area contributed by atoms with Crippen molar-refractivity contribution >= 4 is 16.4 Å². The summed E-state index contributed by atoms with van der Waals surface area (Å²) < 4.78 is 37.7. The molecular weight excluding hydrogens is 334 g/mol. The standard InChI is InChI=1S/C9H11NO2.C7H8O4S/c10-6-9(11)12-7-8-4-2-1-3-5-8;1-6-2-4-7(5-3-6)11-12(8,9)10/h1-5H,6-7,10H2;2-5H,1H3,(H,8,9,10). The molecule has 0 aliphatic rings. The average molecular weight is 353 g/mol. The molecule has 2 aromatic carbocycles. The molecule has 0 aliphatic carbocycles. The second kappa shape index (κ2) is 9.66. The van der Waals surface area contributed by atoms with Crippen LogP contribution >= 0.6 is 0 Å². The number of hydrogen-bond donors (Lipinski definition) is 2. The van der Waals surface area contributed by atoms with Crippen LogP contribution in [0.4, 0.5) is 0 Å². The Hall–Kier alpha value is -2.42. The van der Waals surface area contributed by atoms with Crippen LogP contribution in [0.25, 0.3) is 0 Å². The molecule has 0 saturated carbocycles. The summed E-state index contributed by atoms with van der Waals surface area (Å²) in [5.41, 5.74) is 7.02. The maximum Gasteiger partial charge on any atom is 0.446 e. The fraction of sp³-hybridized carbons (Fsp3) is 0.188. The van der Waals surface area contributed by atoms with Gasteiger partial charge in [-0.15, -0.1) is 0 Å². The van der Waals surface area contributed by atoms with E-state index in [1.165, 1.54) is 12.1 Å². The molecule has 0 fully saturated rings. The monoisotopic (exact) mass is 353 g/mol. The van der Waals surface area contributed by atoms with Crippen LogP contribution in [0.2, 0.25) is 0 Å². The lowest BCUT2D eigenvalue weighted by Gasteiger charge is -2.01. The normalized spacial score (nSPS) is 10.3. The van der Waals surface area contributed by atoms with Crippen molar-refractivity contribution < 1.29 is 26.7 Å². The highest BCUT2D eigenvalue weighted by molar-refractivity contribution is 7.81. The van der Waals surface area contributed by atoms with Crippen molar-refractivity contribution in [1.29, 1.82) is 0 Å². The van der Waals surface area contributed by atoms with Gasteiger partial charge in [-0.2, -0.15) is 8.42 Å². The first-order valence-electron chi connectivity index (χ1n) is 6.93. The minimum atomic E-state index is -4.39. The molecule has 0 heterocycles. The predicted octanol–water partition coefficient (Wildman–Crippen LogP) is 1.87. The molecule has 24 heavy (non-hydrogen) atoms. The third-order valence-corrected chi connectivity index (χ3v) is 3.03. The van der Waals surface area contributed by atoms with Crippen LogP contribution in [0.3, 0.4) is 0 Å². The number of ether oxygens (including phenoxy) is 1. The first kappa shape index (κ1) is 19.6. The van der Waals surface area contributed by atoms with Crippen LogP contribution in [0, 0.1) is 6.92 Å². The van der Waals surface area contributed by atoms with Gasteiger partial charge >= 0.3 is 16.4 Å². The van der Waals surface area contributed by atoms with Crippen LogP contribution in [0.5, 0.6) is 5.75 Å². The van der Waals surface area contributed by atoms with E-state index in [1.807, 2.05) is 37.3 Å². The Morgan fingerprint density at radius 3 is 2.17 bits per heavy atom. The number of carbonyl (C=O) groups is 1. The van der Waals surface area contributed by atoms with Crippen molar-refractivity contribution in [3.05, 3.63) is 65.7 Å². The molecule has 3 N–H and O–H groups in total. The van der Waals surface area contributed by atoms with E-state index in [0.29, 0.717) is 6.61 Å². The van der Waals surface area contributed by atoms with Gasteiger partial charge in [0.15, 0.2) is 0 Å². The highest BCUT2D eigenvalue weighted by Gasteiger charge is 2.05. The van der Waals surface area contributed by atoms with Crippen molar-refractivity contribution in [2.75, 3.05) is 6.54 Å². The van der Waals surface area contributed by atoms with Gasteiger partial charge in [0, 0.05) is 0 Å². The van der Waals surface area contributed by atoms with Gasteiger partial charge in [-0.05, 0) is 24.6 Å². The van der Waals surface area contributed by atoms with Crippen LogP contribution in [0.1, 0.15) is 11.1 Å². The summed E-state index contributed by atoms with van der Waals surface area (Å²) >= 11 is 0. The summed E-state index contributed by atoms with van der Waals surface area (Å²) in [4.78, 5) is 10.6. The minimum Gasteiger partial charge on any atom is -0.460 e. The Labute approximate surface area is 141 Å². The largest absolute Gasteiger partial charge is 0.460 e. The van der Waals surface area contributed by atoms with Gasteiger partial charge in [0.05, 0.1) is 6.54 Å². The predicted molar refractivity (Wildman–Crippen MR) is 88.6 cm³/mol. The van der Waals surface area contributed by atoms with E-state index in [1.54, 1.807) is 12.1 Å². The van der Waals surface area contributed by atoms with Gasteiger partial charge in [0.2, 0.25) is 0 Å². The summed E-state index contributed by atoms with van der Waals surface area (Å²) in [6, 6.07) is 15.8. The zero-order valence-corrected chi connectivity index (χ0v) is 13.9. The lowest BCUT2D eigenvalue weighted by atomic mass is 10.2. The van der Waals surface area contributed by atoms with Crippen molar-refractivity contribution in [2.45, 2.75) is 13.5 Å². The smallest absolute Gasteiger partial charge is 0.446 e. The Morgan fingerprint density at radius 2 is 1.67 bits per heavy atom. The fourth-order valence-electron chi connectivity index (χ4n) is 1.51. The molecule has 8 heteroatoms. The molecule has 0 bridgehead atoms. The quantitative estimate of drug-likeness (QED) is 0.622. The van der Waals surface area contributed by atoms with Crippen LogP contribution < -0.4 is 9.92 Å². The lowest BCUT2D eigenvalue weighted by Crippen LogP contribution is -2.16. The van der Waals surface area contributed by atoms with E-state index < -0.39 is 10.4 Å². The molecule has 0 atom stereocenters. The van der Waals surface area contributed by atoms with E-state index in [-0.39, 0.29) is 18.3 Å². The topological polar surface area (TPSA) is 116 Å². The summed E-state index contributed by atoms with van der Waals surface area (Å²) in [7, 11) is -4.39. The molecule has 2 rings (SSSR count). The zero-order valence-electron chi connectivity index (χ0n) is 13.1. The second-order valence-corrected chi connectivity index (χ2v) is 5.70. The molecule has 0 spiro atoms. The third-order valence-electron chi connectivity index (χ3n) is 2.63. The van der Waals surface area contributed by atoms with E-state index in [4.69, 9.17) is 15.0 Å².